The van der Waals surface area contributed by atoms with Crippen LogP contribution in [0.15, 0.2) is 100 Å². The van der Waals surface area contributed by atoms with Gasteiger partial charge in [-0.15, -0.1) is 0 Å². The number of carbonyl (C=O) groups is 1. The number of furan rings is 1. The molecule has 35 heavy (non-hydrogen) atoms. The molecule has 5 nitrogen and oxygen atoms in total. The Bertz CT molecular complexity index is 1690. The van der Waals surface area contributed by atoms with Crippen molar-refractivity contribution in [2.75, 3.05) is 4.31 Å². The van der Waals surface area contributed by atoms with Crippen molar-refractivity contribution in [3.8, 4) is 0 Å². The summed E-state index contributed by atoms with van der Waals surface area (Å²) < 4.78 is 35.0. The van der Waals surface area contributed by atoms with Gasteiger partial charge in [-0.25, -0.2) is 8.42 Å². The summed E-state index contributed by atoms with van der Waals surface area (Å²) in [6.07, 6.45) is 3.90. The van der Waals surface area contributed by atoms with Crippen LogP contribution in [0.3, 0.4) is 0 Å². The molecule has 0 N–H and O–H groups in total. The molecule has 0 bridgehead atoms. The lowest BCUT2D eigenvalue weighted by atomic mass is 9.96. The molecule has 174 valence electrons. The summed E-state index contributed by atoms with van der Waals surface area (Å²) >= 11 is 0. The molecular weight excluding hydrogens is 458 g/mol. The molecule has 0 unspecified atom stereocenters. The number of rotatable bonds is 4. The largest absolute Gasteiger partial charge is 0.461 e. The second-order valence-electron chi connectivity index (χ2n) is 8.84. The highest BCUT2D eigenvalue weighted by Crippen LogP contribution is 2.36. The molecule has 0 aliphatic heterocycles. The first-order valence-corrected chi connectivity index (χ1v) is 13.1. The number of aryl methyl sites for hydroxylation is 2. The average Bonchev–Trinajstić information content (AvgIpc) is 3.27. The number of carbonyl (C=O) groups excluding carboxylic acids is 1. The first-order valence-electron chi connectivity index (χ1n) is 11.7. The van der Waals surface area contributed by atoms with E-state index in [0.717, 1.165) is 63.1 Å². The van der Waals surface area contributed by atoms with E-state index in [1.807, 2.05) is 24.3 Å². The van der Waals surface area contributed by atoms with Crippen LogP contribution in [0.4, 0.5) is 5.69 Å². The number of anilines is 1. The maximum absolute atomic E-state index is 14.0. The minimum Gasteiger partial charge on any atom is -0.461 e. The van der Waals surface area contributed by atoms with Gasteiger partial charge in [-0.1, -0.05) is 48.5 Å². The molecule has 0 spiro atoms. The van der Waals surface area contributed by atoms with Gasteiger partial charge < -0.3 is 4.42 Å². The SMILES string of the molecule is O=C(c1ccccc1)N(c1ccc2oc3c(c2c1)CCCC3)S(=O)(=O)c1ccc2ccccc2c1. The van der Waals surface area contributed by atoms with E-state index >= 15 is 0 Å². The van der Waals surface area contributed by atoms with Crippen molar-refractivity contribution in [1.29, 1.82) is 0 Å². The van der Waals surface area contributed by atoms with Gasteiger partial charge in [0.15, 0.2) is 0 Å². The van der Waals surface area contributed by atoms with Gasteiger partial charge in [0.25, 0.3) is 15.9 Å². The van der Waals surface area contributed by atoms with Crippen LogP contribution in [-0.4, -0.2) is 14.3 Å². The minimum absolute atomic E-state index is 0.0646. The molecule has 6 heteroatoms. The molecule has 1 amide bonds. The van der Waals surface area contributed by atoms with E-state index in [0.29, 0.717) is 11.3 Å². The zero-order valence-electron chi connectivity index (χ0n) is 19.0. The van der Waals surface area contributed by atoms with E-state index in [4.69, 9.17) is 4.42 Å². The Morgan fingerprint density at radius 1 is 0.771 bits per heavy atom. The third kappa shape index (κ3) is 3.70. The Hall–Kier alpha value is -3.90. The summed E-state index contributed by atoms with van der Waals surface area (Å²) in [6.45, 7) is 0. The van der Waals surface area contributed by atoms with Crippen LogP contribution >= 0.6 is 0 Å². The second-order valence-corrected chi connectivity index (χ2v) is 10.6. The third-order valence-corrected chi connectivity index (χ3v) is 8.34. The highest BCUT2D eigenvalue weighted by molar-refractivity contribution is 7.93. The Kier molecular flexibility index (Phi) is 5.19. The summed E-state index contributed by atoms with van der Waals surface area (Å²) in [5.41, 5.74) is 2.43. The fourth-order valence-electron chi connectivity index (χ4n) is 4.87. The summed E-state index contributed by atoms with van der Waals surface area (Å²) in [4.78, 5) is 13.8. The lowest BCUT2D eigenvalue weighted by Gasteiger charge is -2.23. The molecule has 0 radical (unpaired) electrons. The number of benzene rings is 4. The summed E-state index contributed by atoms with van der Waals surface area (Å²) in [6, 6.07) is 26.2. The van der Waals surface area contributed by atoms with Crippen LogP contribution in [0, 0.1) is 0 Å². The van der Waals surface area contributed by atoms with Crippen molar-refractivity contribution >= 4 is 43.4 Å². The van der Waals surface area contributed by atoms with Gasteiger partial charge in [0.2, 0.25) is 0 Å². The standard InChI is InChI=1S/C29H23NO4S/c31-29(21-9-2-1-3-10-21)30(35(32,33)24-16-14-20-8-4-5-11-22(20)18-24)23-15-17-28-26(19-23)25-12-6-7-13-27(25)34-28/h1-5,8-11,14-19H,6-7,12-13H2. The molecule has 6 rings (SSSR count). The predicted molar refractivity (Wildman–Crippen MR) is 137 cm³/mol. The Morgan fingerprint density at radius 3 is 2.34 bits per heavy atom. The molecule has 1 aromatic heterocycles. The molecule has 1 heterocycles. The van der Waals surface area contributed by atoms with E-state index < -0.39 is 15.9 Å². The van der Waals surface area contributed by atoms with Crippen LogP contribution in [0.1, 0.15) is 34.5 Å². The van der Waals surface area contributed by atoms with Crippen molar-refractivity contribution in [2.45, 2.75) is 30.6 Å². The van der Waals surface area contributed by atoms with E-state index in [1.54, 1.807) is 66.7 Å². The lowest BCUT2D eigenvalue weighted by molar-refractivity contribution is 0.101. The topological polar surface area (TPSA) is 67.6 Å². The van der Waals surface area contributed by atoms with E-state index in [2.05, 4.69) is 0 Å². The van der Waals surface area contributed by atoms with Crippen molar-refractivity contribution in [2.24, 2.45) is 0 Å². The van der Waals surface area contributed by atoms with Gasteiger partial charge in [0.1, 0.15) is 11.3 Å². The molecule has 1 aliphatic carbocycles. The quantitative estimate of drug-likeness (QED) is 0.294. The molecule has 1 aliphatic rings. The number of sulfonamides is 1. The van der Waals surface area contributed by atoms with Gasteiger partial charge >= 0.3 is 0 Å². The zero-order valence-corrected chi connectivity index (χ0v) is 19.8. The van der Waals surface area contributed by atoms with Crippen LogP contribution in [0.2, 0.25) is 0 Å². The van der Waals surface area contributed by atoms with Crippen LogP contribution in [-0.2, 0) is 22.9 Å². The number of hydrogen-bond acceptors (Lipinski definition) is 4. The average molecular weight is 482 g/mol. The van der Waals surface area contributed by atoms with Gasteiger partial charge in [-0.2, -0.15) is 4.31 Å². The van der Waals surface area contributed by atoms with E-state index in [9.17, 15) is 13.2 Å². The number of nitrogens with zero attached hydrogens (tertiary/aromatic N) is 1. The highest BCUT2D eigenvalue weighted by atomic mass is 32.2. The lowest BCUT2D eigenvalue weighted by Crippen LogP contribution is -2.37. The summed E-state index contributed by atoms with van der Waals surface area (Å²) in [7, 11) is -4.21. The van der Waals surface area contributed by atoms with Crippen LogP contribution in [0.25, 0.3) is 21.7 Å². The number of fused-ring (bicyclic) bond motifs is 4. The van der Waals surface area contributed by atoms with Crippen LogP contribution < -0.4 is 4.31 Å². The zero-order chi connectivity index (χ0) is 24.0. The van der Waals surface area contributed by atoms with E-state index in [-0.39, 0.29) is 4.90 Å². The first kappa shape index (κ1) is 21.6. The smallest absolute Gasteiger partial charge is 0.272 e. The van der Waals surface area contributed by atoms with Crippen molar-refractivity contribution in [3.63, 3.8) is 0 Å². The Morgan fingerprint density at radius 2 is 1.51 bits per heavy atom. The monoisotopic (exact) mass is 481 g/mol. The molecule has 0 saturated carbocycles. The summed E-state index contributed by atoms with van der Waals surface area (Å²) in [5.74, 6) is 0.359. The first-order chi connectivity index (χ1) is 17.0. The minimum atomic E-state index is -4.21. The molecule has 0 atom stereocenters. The van der Waals surface area contributed by atoms with Gasteiger partial charge in [0, 0.05) is 22.9 Å². The molecule has 0 saturated heterocycles. The van der Waals surface area contributed by atoms with Gasteiger partial charge in [-0.05, 0) is 72.5 Å². The van der Waals surface area contributed by atoms with E-state index in [1.165, 1.54) is 0 Å². The van der Waals surface area contributed by atoms with Crippen LogP contribution in [0.5, 0.6) is 0 Å². The predicted octanol–water partition coefficient (Wildman–Crippen LogP) is 6.50. The molecule has 5 aromatic rings. The number of amides is 1. The van der Waals surface area contributed by atoms with Crippen molar-refractivity contribution < 1.29 is 17.6 Å². The maximum Gasteiger partial charge on any atom is 0.272 e. The fraction of sp³-hybridized carbons (Fsp3) is 0.138. The third-order valence-electron chi connectivity index (χ3n) is 6.64. The fourth-order valence-corrected chi connectivity index (χ4v) is 6.31. The highest BCUT2D eigenvalue weighted by Gasteiger charge is 2.33. The Labute approximate surface area is 203 Å². The van der Waals surface area contributed by atoms with Gasteiger partial charge in [-0.3, -0.25) is 4.79 Å². The molecule has 0 fully saturated rings. The second kappa shape index (κ2) is 8.40. The van der Waals surface area contributed by atoms with Crippen molar-refractivity contribution in [3.05, 3.63) is 108 Å². The summed E-state index contributed by atoms with van der Waals surface area (Å²) in [5, 5.41) is 2.59. The normalized spacial score (nSPS) is 13.6. The number of hydrogen-bond donors (Lipinski definition) is 0. The molecular formula is C29H23NO4S. The molecule has 4 aromatic carbocycles. The Balaban J connectivity index is 1.54. The van der Waals surface area contributed by atoms with Gasteiger partial charge in [0.05, 0.1) is 10.6 Å². The maximum atomic E-state index is 14.0. The van der Waals surface area contributed by atoms with Crippen molar-refractivity contribution in [1.82, 2.24) is 0 Å².